The average Bonchev–Trinajstić information content (AvgIpc) is 3.05. The largest absolute Gasteiger partial charge is 0.371 e. The second kappa shape index (κ2) is 13.2. The summed E-state index contributed by atoms with van der Waals surface area (Å²) >= 11 is 0. The summed E-state index contributed by atoms with van der Waals surface area (Å²) in [6, 6.07) is 0. The topological polar surface area (TPSA) is 42.6 Å². The first-order valence-corrected chi connectivity index (χ1v) is 13.8. The van der Waals surface area contributed by atoms with Crippen molar-refractivity contribution in [3.8, 4) is 0 Å². The highest BCUT2D eigenvalue weighted by molar-refractivity contribution is 8.77. The van der Waals surface area contributed by atoms with Gasteiger partial charge in [-0.2, -0.15) is 0 Å². The van der Waals surface area contributed by atoms with Crippen LogP contribution in [0.5, 0.6) is 0 Å². The third kappa shape index (κ3) is 8.99. The normalized spacial score (nSPS) is 19.0. The van der Waals surface area contributed by atoms with Crippen molar-refractivity contribution in [1.29, 1.82) is 0 Å². The highest BCUT2D eigenvalue weighted by Gasteiger charge is 2.11. The Hall–Kier alpha value is 0.0400. The van der Waals surface area contributed by atoms with Gasteiger partial charge in [0, 0.05) is 75.4 Å². The van der Waals surface area contributed by atoms with Crippen LogP contribution in [-0.4, -0.2) is 85.2 Å². The lowest BCUT2D eigenvalue weighted by Gasteiger charge is -2.25. The number of hydrogen-bond acceptors (Lipinski definition) is 9. The minimum absolute atomic E-state index is 0.914. The summed E-state index contributed by atoms with van der Waals surface area (Å²) in [6.07, 6.45) is 0. The standard InChI is InChI=1S/C16H31N5S4/c1-15(20-7-11-22-23-12-8-20)18-5-3-17-4-6-19-16(2)21-9-13-24-25-14-10-21/h17-19H,1-14H2. The van der Waals surface area contributed by atoms with E-state index in [-0.39, 0.29) is 0 Å². The zero-order valence-electron chi connectivity index (χ0n) is 14.9. The van der Waals surface area contributed by atoms with E-state index >= 15 is 0 Å². The maximum Gasteiger partial charge on any atom is 0.0939 e. The van der Waals surface area contributed by atoms with Crippen LogP contribution in [0.3, 0.4) is 0 Å². The van der Waals surface area contributed by atoms with Gasteiger partial charge in [0.2, 0.25) is 0 Å². The summed E-state index contributed by atoms with van der Waals surface area (Å²) in [4.78, 5) is 4.71. The maximum atomic E-state index is 4.17. The Morgan fingerprint density at radius 1 is 0.640 bits per heavy atom. The second-order valence-corrected chi connectivity index (χ2v) is 11.2. The second-order valence-electron chi connectivity index (χ2n) is 5.76. The van der Waals surface area contributed by atoms with Crippen LogP contribution < -0.4 is 16.0 Å². The van der Waals surface area contributed by atoms with E-state index in [1.165, 1.54) is 23.0 Å². The fourth-order valence-electron chi connectivity index (χ4n) is 2.53. The van der Waals surface area contributed by atoms with Crippen LogP contribution in [0.15, 0.2) is 24.8 Å². The number of rotatable bonds is 10. The van der Waals surface area contributed by atoms with Gasteiger partial charge in [0.25, 0.3) is 0 Å². The first-order chi connectivity index (χ1) is 12.3. The fourth-order valence-corrected chi connectivity index (χ4v) is 6.49. The molecule has 0 amide bonds. The Morgan fingerprint density at radius 3 is 1.36 bits per heavy atom. The molecule has 0 aliphatic carbocycles. The zero-order valence-corrected chi connectivity index (χ0v) is 18.2. The third-order valence-corrected chi connectivity index (χ3v) is 8.70. The Kier molecular flexibility index (Phi) is 11.3. The maximum absolute atomic E-state index is 4.17. The van der Waals surface area contributed by atoms with Crippen molar-refractivity contribution >= 4 is 43.2 Å². The average molecular weight is 422 g/mol. The quantitative estimate of drug-likeness (QED) is 0.363. The molecule has 0 saturated carbocycles. The van der Waals surface area contributed by atoms with Crippen molar-refractivity contribution in [2.45, 2.75) is 0 Å². The summed E-state index contributed by atoms with van der Waals surface area (Å²) in [6.45, 7) is 16.4. The SMILES string of the molecule is C=C(NCCNCCNC(=C)N1CCSSCC1)N1CCSSCC1. The Balaban J connectivity index is 1.46. The van der Waals surface area contributed by atoms with Crippen LogP contribution in [-0.2, 0) is 0 Å². The van der Waals surface area contributed by atoms with Crippen molar-refractivity contribution in [1.82, 2.24) is 25.8 Å². The molecule has 2 rings (SSSR count). The molecule has 0 spiro atoms. The van der Waals surface area contributed by atoms with E-state index < -0.39 is 0 Å². The summed E-state index contributed by atoms with van der Waals surface area (Å²) in [5, 5.41) is 10.3. The molecule has 2 aliphatic heterocycles. The molecule has 0 aromatic heterocycles. The highest BCUT2D eigenvalue weighted by Crippen LogP contribution is 2.25. The van der Waals surface area contributed by atoms with Gasteiger partial charge >= 0.3 is 0 Å². The van der Waals surface area contributed by atoms with E-state index in [0.717, 1.165) is 64.0 Å². The molecule has 0 bridgehead atoms. The first-order valence-electron chi connectivity index (χ1n) is 8.82. The molecule has 0 aromatic carbocycles. The van der Waals surface area contributed by atoms with Gasteiger partial charge in [-0.3, -0.25) is 0 Å². The van der Waals surface area contributed by atoms with E-state index in [1.54, 1.807) is 0 Å². The number of hydrogen-bond donors (Lipinski definition) is 3. The molecule has 0 unspecified atom stereocenters. The molecule has 5 nitrogen and oxygen atoms in total. The lowest BCUT2D eigenvalue weighted by atomic mass is 10.4. The summed E-state index contributed by atoms with van der Waals surface area (Å²) < 4.78 is 0. The molecule has 2 heterocycles. The van der Waals surface area contributed by atoms with Crippen LogP contribution in [0.25, 0.3) is 0 Å². The third-order valence-electron chi connectivity index (χ3n) is 3.97. The molecule has 2 fully saturated rings. The van der Waals surface area contributed by atoms with E-state index in [2.05, 4.69) is 38.9 Å². The van der Waals surface area contributed by atoms with Crippen LogP contribution >= 0.6 is 43.2 Å². The lowest BCUT2D eigenvalue weighted by molar-refractivity contribution is 0.357. The Bertz CT molecular complexity index is 358. The summed E-state index contributed by atoms with van der Waals surface area (Å²) in [5.74, 6) is 6.82. The zero-order chi connectivity index (χ0) is 17.7. The lowest BCUT2D eigenvalue weighted by Crippen LogP contribution is -2.39. The molecule has 2 saturated heterocycles. The van der Waals surface area contributed by atoms with Gasteiger partial charge in [-0.05, 0) is 0 Å². The van der Waals surface area contributed by atoms with Crippen LogP contribution in [0.2, 0.25) is 0 Å². The highest BCUT2D eigenvalue weighted by atomic mass is 33.1. The van der Waals surface area contributed by atoms with E-state index in [1.807, 2.05) is 43.2 Å². The number of nitrogens with zero attached hydrogens (tertiary/aromatic N) is 2. The molecule has 2 aliphatic rings. The van der Waals surface area contributed by atoms with E-state index in [4.69, 9.17) is 0 Å². The van der Waals surface area contributed by atoms with Crippen molar-refractivity contribution in [3.63, 3.8) is 0 Å². The first kappa shape index (κ1) is 21.3. The van der Waals surface area contributed by atoms with Crippen LogP contribution in [0.1, 0.15) is 0 Å². The van der Waals surface area contributed by atoms with E-state index in [0.29, 0.717) is 0 Å². The van der Waals surface area contributed by atoms with Gasteiger partial charge in [-0.15, -0.1) is 0 Å². The van der Waals surface area contributed by atoms with Crippen molar-refractivity contribution in [3.05, 3.63) is 24.8 Å². The van der Waals surface area contributed by atoms with Gasteiger partial charge in [-0.25, -0.2) is 0 Å². The molecular formula is C16H31N5S4. The van der Waals surface area contributed by atoms with Crippen LogP contribution in [0, 0.1) is 0 Å². The Morgan fingerprint density at radius 2 is 1.00 bits per heavy atom. The van der Waals surface area contributed by atoms with Gasteiger partial charge < -0.3 is 25.8 Å². The van der Waals surface area contributed by atoms with Crippen molar-refractivity contribution in [2.24, 2.45) is 0 Å². The van der Waals surface area contributed by atoms with Gasteiger partial charge in [0.15, 0.2) is 0 Å². The summed E-state index contributed by atoms with van der Waals surface area (Å²) in [7, 11) is 7.85. The van der Waals surface area contributed by atoms with Crippen molar-refractivity contribution in [2.75, 3.05) is 75.4 Å². The predicted octanol–water partition coefficient (Wildman–Crippen LogP) is 2.09. The minimum atomic E-state index is 0.914. The van der Waals surface area contributed by atoms with E-state index in [9.17, 15) is 0 Å². The smallest absolute Gasteiger partial charge is 0.0939 e. The molecule has 3 N–H and O–H groups in total. The monoisotopic (exact) mass is 421 g/mol. The van der Waals surface area contributed by atoms with Gasteiger partial charge in [0.1, 0.15) is 0 Å². The molecule has 0 aromatic rings. The molecule has 25 heavy (non-hydrogen) atoms. The molecular weight excluding hydrogens is 390 g/mol. The predicted molar refractivity (Wildman–Crippen MR) is 120 cm³/mol. The minimum Gasteiger partial charge on any atom is -0.371 e. The molecule has 0 radical (unpaired) electrons. The molecule has 0 atom stereocenters. The molecule has 144 valence electrons. The van der Waals surface area contributed by atoms with Crippen LogP contribution in [0.4, 0.5) is 0 Å². The fraction of sp³-hybridized carbons (Fsp3) is 0.750. The van der Waals surface area contributed by atoms with Gasteiger partial charge in [0.05, 0.1) is 11.6 Å². The van der Waals surface area contributed by atoms with Gasteiger partial charge in [-0.1, -0.05) is 56.3 Å². The number of nitrogens with one attached hydrogen (secondary N) is 3. The summed E-state index contributed by atoms with van der Waals surface area (Å²) in [5.41, 5.74) is 0. The van der Waals surface area contributed by atoms with Crippen molar-refractivity contribution < 1.29 is 0 Å². The molecule has 9 heteroatoms. The Labute approximate surface area is 168 Å².